The van der Waals surface area contributed by atoms with Crippen LogP contribution in [-0.2, 0) is 6.54 Å². The van der Waals surface area contributed by atoms with Crippen LogP contribution < -0.4 is 10.2 Å². The summed E-state index contributed by atoms with van der Waals surface area (Å²) in [4.78, 5) is 16.8. The highest BCUT2D eigenvalue weighted by molar-refractivity contribution is 9.10. The predicted octanol–water partition coefficient (Wildman–Crippen LogP) is 5.28. The number of benzene rings is 1. The first kappa shape index (κ1) is 18.7. The van der Waals surface area contributed by atoms with Gasteiger partial charge in [-0.3, -0.25) is 0 Å². The van der Waals surface area contributed by atoms with E-state index in [9.17, 15) is 0 Å². The molecule has 1 saturated heterocycles. The molecule has 1 aliphatic carbocycles. The molecule has 0 spiro atoms. The molecule has 0 unspecified atom stereocenters. The molecule has 1 aromatic heterocycles. The molecule has 2 aliphatic rings. The van der Waals surface area contributed by atoms with Gasteiger partial charge in [0.05, 0.1) is 0 Å². The molecule has 0 amide bonds. The maximum absolute atomic E-state index is 4.91. The average molecular weight is 430 g/mol. The van der Waals surface area contributed by atoms with Crippen LogP contribution in [0.1, 0.15) is 68.7 Å². The van der Waals surface area contributed by atoms with Crippen molar-refractivity contribution >= 4 is 27.8 Å². The summed E-state index contributed by atoms with van der Waals surface area (Å²) in [7, 11) is 0. The van der Waals surface area contributed by atoms with Crippen molar-refractivity contribution in [3.8, 4) is 0 Å². The van der Waals surface area contributed by atoms with E-state index >= 15 is 0 Å². The summed E-state index contributed by atoms with van der Waals surface area (Å²) in [6, 6.07) is 8.27. The number of halogens is 1. The number of nitrogens with one attached hydrogen (secondary N) is 1. The lowest BCUT2D eigenvalue weighted by atomic mass is 9.89. The molecule has 4 rings (SSSR count). The van der Waals surface area contributed by atoms with Crippen molar-refractivity contribution in [1.29, 1.82) is 0 Å². The lowest BCUT2D eigenvalue weighted by molar-refractivity contribution is 0.427. The van der Waals surface area contributed by atoms with Gasteiger partial charge < -0.3 is 10.2 Å². The van der Waals surface area contributed by atoms with Gasteiger partial charge in [-0.15, -0.1) is 0 Å². The third-order valence-electron chi connectivity index (χ3n) is 5.64. The fourth-order valence-electron chi connectivity index (χ4n) is 4.05. The smallest absolute Gasteiger partial charge is 0.230 e. The number of aromatic nitrogens is 3. The first-order valence-corrected chi connectivity index (χ1v) is 11.1. The van der Waals surface area contributed by atoms with Crippen LogP contribution in [0.5, 0.6) is 0 Å². The molecule has 144 valence electrons. The van der Waals surface area contributed by atoms with Gasteiger partial charge in [-0.2, -0.15) is 15.0 Å². The highest BCUT2D eigenvalue weighted by atomic mass is 79.9. The molecule has 1 saturated carbocycles. The SMILES string of the molecule is Brc1ccccc1CNc1nc(C2CCCCC2)nc(N2CCCCC2)n1. The molecule has 1 aromatic carbocycles. The maximum Gasteiger partial charge on any atom is 0.230 e. The molecule has 5 nitrogen and oxygen atoms in total. The molecular formula is C21H28BrN5. The second-order valence-corrected chi connectivity index (χ2v) is 8.50. The van der Waals surface area contributed by atoms with E-state index in [-0.39, 0.29) is 0 Å². The van der Waals surface area contributed by atoms with Gasteiger partial charge in [0, 0.05) is 30.0 Å². The topological polar surface area (TPSA) is 53.9 Å². The summed E-state index contributed by atoms with van der Waals surface area (Å²) in [5, 5.41) is 3.44. The number of hydrogen-bond acceptors (Lipinski definition) is 5. The fourth-order valence-corrected chi connectivity index (χ4v) is 4.48. The molecule has 2 fully saturated rings. The van der Waals surface area contributed by atoms with Crippen LogP contribution in [0.4, 0.5) is 11.9 Å². The molecule has 0 atom stereocenters. The third-order valence-corrected chi connectivity index (χ3v) is 6.42. The van der Waals surface area contributed by atoms with Gasteiger partial charge in [-0.25, -0.2) is 0 Å². The monoisotopic (exact) mass is 429 g/mol. The number of nitrogens with zero attached hydrogens (tertiary/aromatic N) is 4. The van der Waals surface area contributed by atoms with Crippen molar-refractivity contribution in [2.45, 2.75) is 63.8 Å². The van der Waals surface area contributed by atoms with Crippen LogP contribution in [-0.4, -0.2) is 28.0 Å². The Bertz CT molecular complexity index is 718. The van der Waals surface area contributed by atoms with Crippen LogP contribution in [0.2, 0.25) is 0 Å². The second-order valence-electron chi connectivity index (χ2n) is 7.64. The Hall–Kier alpha value is -1.69. The van der Waals surface area contributed by atoms with E-state index in [1.54, 1.807) is 0 Å². The molecule has 2 heterocycles. The zero-order valence-corrected chi connectivity index (χ0v) is 17.4. The largest absolute Gasteiger partial charge is 0.350 e. The molecule has 1 aliphatic heterocycles. The maximum atomic E-state index is 4.91. The first-order valence-electron chi connectivity index (χ1n) is 10.3. The van der Waals surface area contributed by atoms with Crippen LogP contribution in [0, 0.1) is 0 Å². The van der Waals surface area contributed by atoms with Crippen molar-refractivity contribution in [1.82, 2.24) is 15.0 Å². The van der Waals surface area contributed by atoms with Gasteiger partial charge in [0.1, 0.15) is 5.82 Å². The lowest BCUT2D eigenvalue weighted by Crippen LogP contribution is -2.32. The zero-order valence-electron chi connectivity index (χ0n) is 15.8. The van der Waals surface area contributed by atoms with Crippen LogP contribution in [0.15, 0.2) is 28.7 Å². The third kappa shape index (κ3) is 4.78. The van der Waals surface area contributed by atoms with E-state index in [1.165, 1.54) is 56.9 Å². The van der Waals surface area contributed by atoms with Crippen molar-refractivity contribution in [2.75, 3.05) is 23.3 Å². The van der Waals surface area contributed by atoms with E-state index < -0.39 is 0 Å². The second kappa shape index (κ2) is 9.00. The molecule has 0 bridgehead atoms. The van der Waals surface area contributed by atoms with E-state index in [2.05, 4.69) is 44.3 Å². The lowest BCUT2D eigenvalue weighted by Gasteiger charge is -2.28. The minimum Gasteiger partial charge on any atom is -0.350 e. The van der Waals surface area contributed by atoms with Crippen molar-refractivity contribution in [3.05, 3.63) is 40.1 Å². The Morgan fingerprint density at radius 1 is 0.926 bits per heavy atom. The Morgan fingerprint density at radius 3 is 2.44 bits per heavy atom. The number of anilines is 2. The van der Waals surface area contributed by atoms with Gasteiger partial charge >= 0.3 is 0 Å². The molecule has 2 aromatic rings. The Morgan fingerprint density at radius 2 is 1.67 bits per heavy atom. The summed E-state index contributed by atoms with van der Waals surface area (Å²) < 4.78 is 1.11. The first-order chi connectivity index (χ1) is 13.3. The minimum absolute atomic E-state index is 0.481. The summed E-state index contributed by atoms with van der Waals surface area (Å²) in [6.45, 7) is 2.81. The van der Waals surface area contributed by atoms with Gasteiger partial charge in [-0.05, 0) is 43.7 Å². The van der Waals surface area contributed by atoms with E-state index in [0.29, 0.717) is 18.4 Å². The van der Waals surface area contributed by atoms with Crippen LogP contribution in [0.3, 0.4) is 0 Å². The van der Waals surface area contributed by atoms with Crippen LogP contribution >= 0.6 is 15.9 Å². The minimum atomic E-state index is 0.481. The van der Waals surface area contributed by atoms with Crippen molar-refractivity contribution < 1.29 is 0 Å². The Labute approximate surface area is 170 Å². The van der Waals surface area contributed by atoms with Gasteiger partial charge in [-0.1, -0.05) is 53.4 Å². The predicted molar refractivity (Wildman–Crippen MR) is 113 cm³/mol. The average Bonchev–Trinajstić information content (AvgIpc) is 2.74. The Balaban J connectivity index is 1.57. The zero-order chi connectivity index (χ0) is 18.5. The van der Waals surface area contributed by atoms with E-state index in [1.807, 2.05) is 6.07 Å². The van der Waals surface area contributed by atoms with Gasteiger partial charge in [0.25, 0.3) is 0 Å². The van der Waals surface area contributed by atoms with Gasteiger partial charge in [0.15, 0.2) is 0 Å². The van der Waals surface area contributed by atoms with Crippen molar-refractivity contribution in [2.24, 2.45) is 0 Å². The summed E-state index contributed by atoms with van der Waals surface area (Å²) in [5.41, 5.74) is 1.21. The summed E-state index contributed by atoms with van der Waals surface area (Å²) >= 11 is 3.62. The molecular weight excluding hydrogens is 402 g/mol. The number of rotatable bonds is 5. The quantitative estimate of drug-likeness (QED) is 0.699. The highest BCUT2D eigenvalue weighted by Crippen LogP contribution is 2.32. The molecule has 1 N–H and O–H groups in total. The standard InChI is InChI=1S/C21H28BrN5/c22-18-12-6-5-11-17(18)15-23-20-24-19(16-9-3-1-4-10-16)25-21(26-20)27-13-7-2-8-14-27/h5-6,11-12,16H,1-4,7-10,13-15H2,(H,23,24,25,26). The summed E-state index contributed by atoms with van der Waals surface area (Å²) in [6.07, 6.45) is 10.1. The van der Waals surface area contributed by atoms with Crippen molar-refractivity contribution in [3.63, 3.8) is 0 Å². The van der Waals surface area contributed by atoms with E-state index in [4.69, 9.17) is 15.0 Å². The molecule has 0 radical (unpaired) electrons. The summed E-state index contributed by atoms with van der Waals surface area (Å²) in [5.74, 6) is 3.04. The Kier molecular flexibility index (Phi) is 6.22. The molecule has 6 heteroatoms. The normalized spacial score (nSPS) is 18.5. The number of piperidine rings is 1. The van der Waals surface area contributed by atoms with Crippen LogP contribution in [0.25, 0.3) is 0 Å². The van der Waals surface area contributed by atoms with Gasteiger partial charge in [0.2, 0.25) is 11.9 Å². The fraction of sp³-hybridized carbons (Fsp3) is 0.571. The highest BCUT2D eigenvalue weighted by Gasteiger charge is 2.22. The van der Waals surface area contributed by atoms with E-state index in [0.717, 1.165) is 29.3 Å². The number of hydrogen-bond donors (Lipinski definition) is 1. The molecule has 27 heavy (non-hydrogen) atoms.